The lowest BCUT2D eigenvalue weighted by Crippen LogP contribution is -2.53. The van der Waals surface area contributed by atoms with Crippen LogP contribution in [0.1, 0.15) is 19.4 Å². The highest BCUT2D eigenvalue weighted by Gasteiger charge is 2.41. The highest BCUT2D eigenvalue weighted by Crippen LogP contribution is 2.28. The molecule has 2 rings (SSSR count). The van der Waals surface area contributed by atoms with Crippen LogP contribution in [0.5, 0.6) is 0 Å². The van der Waals surface area contributed by atoms with Gasteiger partial charge in [-0.2, -0.15) is 0 Å². The molecule has 0 saturated carbocycles. The fraction of sp³-hybridized carbons (Fsp3) is 0.231. The molecule has 0 spiro atoms. The monoisotopic (exact) mass is 231 g/mol. The topological polar surface area (TPSA) is 57.6 Å². The van der Waals surface area contributed by atoms with E-state index in [1.807, 2.05) is 6.07 Å². The number of rotatable bonds is 1. The van der Waals surface area contributed by atoms with Gasteiger partial charge >= 0.3 is 0 Å². The Bertz CT molecular complexity index is 503. The molecule has 1 N–H and O–H groups in total. The van der Waals surface area contributed by atoms with Crippen LogP contribution >= 0.6 is 0 Å². The van der Waals surface area contributed by atoms with Crippen LogP contribution in [0.2, 0.25) is 0 Å². The summed E-state index contributed by atoms with van der Waals surface area (Å²) in [7, 11) is 0. The zero-order valence-electron chi connectivity index (χ0n) is 9.68. The lowest BCUT2D eigenvalue weighted by molar-refractivity contribution is -0.186. The molecule has 0 fully saturated rings. The van der Waals surface area contributed by atoms with E-state index in [-0.39, 0.29) is 11.4 Å². The molecule has 88 valence electrons. The van der Waals surface area contributed by atoms with Crippen molar-refractivity contribution in [2.75, 3.05) is 0 Å². The van der Waals surface area contributed by atoms with Crippen molar-refractivity contribution >= 4 is 17.3 Å². The summed E-state index contributed by atoms with van der Waals surface area (Å²) in [5.41, 5.74) is -0.354. The number of carbonyl (C=O) groups is 2. The van der Waals surface area contributed by atoms with Crippen LogP contribution in [-0.2, 0) is 9.59 Å². The van der Waals surface area contributed by atoms with E-state index in [1.54, 1.807) is 24.3 Å². The van der Waals surface area contributed by atoms with E-state index in [0.29, 0.717) is 10.6 Å². The first-order chi connectivity index (χ1) is 7.94. The van der Waals surface area contributed by atoms with Crippen molar-refractivity contribution in [3.05, 3.63) is 42.0 Å². The number of carbonyl (C=O) groups excluding carboxylic acids is 2. The van der Waals surface area contributed by atoms with Gasteiger partial charge in [-0.05, 0) is 25.5 Å². The zero-order valence-corrected chi connectivity index (χ0v) is 9.68. The van der Waals surface area contributed by atoms with Crippen LogP contribution < -0.4 is 0 Å². The highest BCUT2D eigenvalue weighted by molar-refractivity contribution is 6.28. The molecule has 4 heteroatoms. The Hall–Kier alpha value is -1.94. The van der Waals surface area contributed by atoms with Gasteiger partial charge in [-0.3, -0.25) is 14.8 Å². The standard InChI is InChI=1S/C13H13NO3/c1-13(2)11(15)8-10(12(16)14(13)17)9-6-4-3-5-7-9/h3-8,17H,1-2H3. The molecule has 1 aliphatic heterocycles. The van der Waals surface area contributed by atoms with Crippen LogP contribution in [0.25, 0.3) is 5.57 Å². The molecule has 0 radical (unpaired) electrons. The van der Waals surface area contributed by atoms with Crippen molar-refractivity contribution in [2.24, 2.45) is 0 Å². The predicted octanol–water partition coefficient (Wildman–Crippen LogP) is 1.65. The highest BCUT2D eigenvalue weighted by atomic mass is 16.5. The molecule has 0 saturated heterocycles. The van der Waals surface area contributed by atoms with E-state index in [0.717, 1.165) is 0 Å². The third kappa shape index (κ3) is 1.76. The van der Waals surface area contributed by atoms with Gasteiger partial charge in [-0.15, -0.1) is 0 Å². The lowest BCUT2D eigenvalue weighted by Gasteiger charge is -2.34. The smallest absolute Gasteiger partial charge is 0.278 e. The Labute approximate surface area is 99.1 Å². The lowest BCUT2D eigenvalue weighted by atomic mass is 9.89. The van der Waals surface area contributed by atoms with Crippen molar-refractivity contribution in [3.63, 3.8) is 0 Å². The molecule has 1 heterocycles. The van der Waals surface area contributed by atoms with E-state index in [9.17, 15) is 14.8 Å². The van der Waals surface area contributed by atoms with Crippen molar-refractivity contribution in [3.8, 4) is 0 Å². The maximum Gasteiger partial charge on any atom is 0.278 e. The third-order valence-electron chi connectivity index (χ3n) is 2.92. The molecule has 1 aromatic carbocycles. The summed E-state index contributed by atoms with van der Waals surface area (Å²) in [6, 6.07) is 8.82. The van der Waals surface area contributed by atoms with Crippen LogP contribution in [0.15, 0.2) is 36.4 Å². The first kappa shape index (κ1) is 11.5. The van der Waals surface area contributed by atoms with Gasteiger partial charge in [0.05, 0.1) is 5.57 Å². The molecule has 0 bridgehead atoms. The van der Waals surface area contributed by atoms with Crippen molar-refractivity contribution in [2.45, 2.75) is 19.4 Å². The van der Waals surface area contributed by atoms with Gasteiger partial charge in [0.25, 0.3) is 5.91 Å². The molecule has 0 aromatic heterocycles. The van der Waals surface area contributed by atoms with Gasteiger partial charge < -0.3 is 0 Å². The summed E-state index contributed by atoms with van der Waals surface area (Å²) < 4.78 is 0. The summed E-state index contributed by atoms with van der Waals surface area (Å²) in [5.74, 6) is -0.848. The zero-order chi connectivity index (χ0) is 12.6. The largest absolute Gasteiger partial charge is 0.292 e. The Kier molecular flexibility index (Phi) is 2.59. The maximum absolute atomic E-state index is 11.9. The molecule has 17 heavy (non-hydrogen) atoms. The minimum atomic E-state index is -1.20. The molecule has 1 amide bonds. The summed E-state index contributed by atoms with van der Waals surface area (Å²) in [5, 5.41) is 10.2. The number of ketones is 1. The van der Waals surface area contributed by atoms with Gasteiger partial charge in [0.15, 0.2) is 5.78 Å². The SMILES string of the molecule is CC1(C)C(=O)C=C(c2ccccc2)C(=O)N1O. The van der Waals surface area contributed by atoms with E-state index in [2.05, 4.69) is 0 Å². The summed E-state index contributed by atoms with van der Waals surface area (Å²) in [4.78, 5) is 23.8. The molecular weight excluding hydrogens is 218 g/mol. The first-order valence-corrected chi connectivity index (χ1v) is 5.29. The van der Waals surface area contributed by atoms with Crippen LogP contribution in [0, 0.1) is 0 Å². The number of hydrogen-bond donors (Lipinski definition) is 1. The molecule has 0 unspecified atom stereocenters. The van der Waals surface area contributed by atoms with Gasteiger partial charge in [-0.1, -0.05) is 30.3 Å². The Morgan fingerprint density at radius 2 is 1.71 bits per heavy atom. The Balaban J connectivity index is 2.51. The van der Waals surface area contributed by atoms with E-state index in [1.165, 1.54) is 19.9 Å². The third-order valence-corrected chi connectivity index (χ3v) is 2.92. The normalized spacial score (nSPS) is 19.2. The average Bonchev–Trinajstić information content (AvgIpc) is 2.33. The molecular formula is C13H13NO3. The molecule has 1 aliphatic rings. The van der Waals surface area contributed by atoms with E-state index in [4.69, 9.17) is 0 Å². The molecule has 4 nitrogen and oxygen atoms in total. The second kappa shape index (κ2) is 3.82. The minimum Gasteiger partial charge on any atom is -0.292 e. The summed E-state index contributed by atoms with van der Waals surface area (Å²) >= 11 is 0. The average molecular weight is 231 g/mol. The number of amides is 1. The maximum atomic E-state index is 11.9. The van der Waals surface area contributed by atoms with Crippen LogP contribution in [0.3, 0.4) is 0 Å². The van der Waals surface area contributed by atoms with E-state index < -0.39 is 11.4 Å². The number of benzene rings is 1. The Morgan fingerprint density at radius 3 is 2.29 bits per heavy atom. The van der Waals surface area contributed by atoms with Gasteiger partial charge in [0.1, 0.15) is 5.54 Å². The van der Waals surface area contributed by atoms with Gasteiger partial charge in [0, 0.05) is 0 Å². The number of hydrogen-bond acceptors (Lipinski definition) is 3. The second-order valence-corrected chi connectivity index (χ2v) is 4.46. The van der Waals surface area contributed by atoms with Gasteiger partial charge in [0.2, 0.25) is 0 Å². The molecule has 1 aromatic rings. The van der Waals surface area contributed by atoms with Crippen LogP contribution in [-0.4, -0.2) is 27.5 Å². The second-order valence-electron chi connectivity index (χ2n) is 4.46. The van der Waals surface area contributed by atoms with E-state index >= 15 is 0 Å². The molecule has 0 aliphatic carbocycles. The van der Waals surface area contributed by atoms with Gasteiger partial charge in [-0.25, -0.2) is 5.06 Å². The van der Waals surface area contributed by atoms with Crippen molar-refractivity contribution in [1.29, 1.82) is 0 Å². The fourth-order valence-electron chi connectivity index (χ4n) is 1.67. The molecule has 0 atom stereocenters. The first-order valence-electron chi connectivity index (χ1n) is 5.29. The number of hydroxylamine groups is 2. The minimum absolute atomic E-state index is 0.220. The van der Waals surface area contributed by atoms with Crippen LogP contribution in [0.4, 0.5) is 0 Å². The summed E-state index contributed by atoms with van der Waals surface area (Å²) in [6.45, 7) is 3.01. The van der Waals surface area contributed by atoms with Crippen molar-refractivity contribution in [1.82, 2.24) is 5.06 Å². The summed E-state index contributed by atoms with van der Waals surface area (Å²) in [6.07, 6.45) is 1.30. The van der Waals surface area contributed by atoms with Crippen molar-refractivity contribution < 1.29 is 14.8 Å². The predicted molar refractivity (Wildman–Crippen MR) is 62.1 cm³/mol. The fourth-order valence-corrected chi connectivity index (χ4v) is 1.67. The number of nitrogens with zero attached hydrogens (tertiary/aromatic N) is 1. The Morgan fingerprint density at radius 1 is 1.12 bits per heavy atom. The quantitative estimate of drug-likeness (QED) is 0.748.